The number of amides is 1. The number of carboxylic acid groups (broad SMARTS) is 1. The number of carbonyl (C=O) groups excluding carboxylic acids is 1. The van der Waals surface area contributed by atoms with Gasteiger partial charge in [0.1, 0.15) is 5.82 Å². The zero-order chi connectivity index (χ0) is 16.4. The van der Waals surface area contributed by atoms with Crippen molar-refractivity contribution in [3.8, 4) is 0 Å². The third kappa shape index (κ3) is 3.14. The van der Waals surface area contributed by atoms with Gasteiger partial charge in [0, 0.05) is 19.5 Å². The summed E-state index contributed by atoms with van der Waals surface area (Å²) in [5, 5.41) is 9.33. The topological polar surface area (TPSA) is 57.6 Å². The van der Waals surface area contributed by atoms with Crippen LogP contribution in [0.1, 0.15) is 37.7 Å². The van der Waals surface area contributed by atoms with E-state index in [1.807, 2.05) is 6.08 Å². The minimum Gasteiger partial charge on any atom is -0.481 e. The fraction of sp³-hybridized carbons (Fsp3) is 0.444. The summed E-state index contributed by atoms with van der Waals surface area (Å²) in [5.74, 6) is -1.19. The fourth-order valence-corrected chi connectivity index (χ4v) is 3.29. The molecule has 1 saturated carbocycles. The Kier molecular flexibility index (Phi) is 4.20. The largest absolute Gasteiger partial charge is 0.481 e. The molecule has 0 spiro atoms. The molecule has 1 amide bonds. The van der Waals surface area contributed by atoms with Gasteiger partial charge < -0.3 is 10.0 Å². The molecule has 1 N–H and O–H groups in total. The first-order valence-corrected chi connectivity index (χ1v) is 7.96. The van der Waals surface area contributed by atoms with E-state index in [9.17, 15) is 19.1 Å². The maximum Gasteiger partial charge on any atom is 0.310 e. The van der Waals surface area contributed by atoms with Crippen molar-refractivity contribution in [3.05, 3.63) is 41.7 Å². The first-order chi connectivity index (χ1) is 11.0. The molecule has 0 saturated heterocycles. The van der Waals surface area contributed by atoms with Gasteiger partial charge in [-0.3, -0.25) is 9.59 Å². The minimum atomic E-state index is -0.850. The van der Waals surface area contributed by atoms with Gasteiger partial charge in [-0.05, 0) is 42.5 Å². The Bertz CT molecular complexity index is 647. The summed E-state index contributed by atoms with van der Waals surface area (Å²) in [6, 6.07) is 6.35. The maximum absolute atomic E-state index is 13.0. The summed E-state index contributed by atoms with van der Waals surface area (Å²) in [6.07, 6.45) is 4.85. The highest BCUT2D eigenvalue weighted by Gasteiger charge is 2.46. The van der Waals surface area contributed by atoms with Gasteiger partial charge in [-0.2, -0.15) is 0 Å². The molecule has 0 radical (unpaired) electrons. The number of carbonyl (C=O) groups is 2. The Morgan fingerprint density at radius 3 is 2.39 bits per heavy atom. The molecule has 3 rings (SSSR count). The highest BCUT2D eigenvalue weighted by atomic mass is 19.1. The first kappa shape index (κ1) is 15.7. The molecule has 0 bridgehead atoms. The van der Waals surface area contributed by atoms with Gasteiger partial charge in [0.15, 0.2) is 0 Å². The van der Waals surface area contributed by atoms with E-state index in [2.05, 4.69) is 0 Å². The van der Waals surface area contributed by atoms with Crippen LogP contribution in [0, 0.1) is 11.2 Å². The van der Waals surface area contributed by atoms with Crippen molar-refractivity contribution in [1.29, 1.82) is 0 Å². The predicted octanol–water partition coefficient (Wildman–Crippen LogP) is 3.09. The fourth-order valence-electron chi connectivity index (χ4n) is 3.29. The van der Waals surface area contributed by atoms with Crippen molar-refractivity contribution < 1.29 is 19.1 Å². The summed E-state index contributed by atoms with van der Waals surface area (Å²) in [7, 11) is 0. The molecule has 23 heavy (non-hydrogen) atoms. The number of hydrogen-bond acceptors (Lipinski definition) is 2. The molecular weight excluding hydrogens is 297 g/mol. The lowest BCUT2D eigenvalue weighted by Crippen LogP contribution is -2.44. The van der Waals surface area contributed by atoms with Crippen LogP contribution in [0.2, 0.25) is 0 Å². The molecule has 1 aliphatic heterocycles. The van der Waals surface area contributed by atoms with Gasteiger partial charge in [0.05, 0.1) is 5.41 Å². The number of hydrogen-bond donors (Lipinski definition) is 1. The predicted molar refractivity (Wildman–Crippen MR) is 84.1 cm³/mol. The van der Waals surface area contributed by atoms with Crippen molar-refractivity contribution in [3.63, 3.8) is 0 Å². The van der Waals surface area contributed by atoms with Gasteiger partial charge in [0.25, 0.3) is 0 Å². The van der Waals surface area contributed by atoms with Crippen molar-refractivity contribution in [2.24, 2.45) is 5.41 Å². The third-order valence-corrected chi connectivity index (χ3v) is 5.03. The standard InChI is InChI=1S/C18H20FNO3/c19-15-4-2-13(3-5-15)14-6-10-20(11-7-14)16(21)12-18(17(22)23)8-1-9-18/h2-6H,1,7-12H2,(H,22,23). The average Bonchev–Trinajstić information content (AvgIpc) is 2.51. The van der Waals surface area contributed by atoms with Crippen molar-refractivity contribution in [1.82, 2.24) is 4.90 Å². The molecule has 0 unspecified atom stereocenters. The number of nitrogens with zero attached hydrogens (tertiary/aromatic N) is 1. The van der Waals surface area contributed by atoms with Crippen LogP contribution in [0.15, 0.2) is 30.3 Å². The molecule has 1 aromatic rings. The molecule has 122 valence electrons. The van der Waals surface area contributed by atoms with E-state index in [0.29, 0.717) is 32.4 Å². The van der Waals surface area contributed by atoms with Crippen LogP contribution < -0.4 is 0 Å². The average molecular weight is 317 g/mol. The second-order valence-corrected chi connectivity index (χ2v) is 6.44. The van der Waals surface area contributed by atoms with Gasteiger partial charge in [-0.25, -0.2) is 4.39 Å². The molecular formula is C18H20FNO3. The maximum atomic E-state index is 13.0. The lowest BCUT2D eigenvalue weighted by atomic mass is 9.66. The van der Waals surface area contributed by atoms with Gasteiger partial charge in [0.2, 0.25) is 5.91 Å². The molecule has 2 aliphatic rings. The van der Waals surface area contributed by atoms with Crippen molar-refractivity contribution in [2.45, 2.75) is 32.1 Å². The number of carboxylic acids is 1. The Balaban J connectivity index is 1.62. The summed E-state index contributed by atoms with van der Waals surface area (Å²) >= 11 is 0. The molecule has 4 nitrogen and oxygen atoms in total. The SMILES string of the molecule is O=C(CC1(C(=O)O)CCC1)N1CC=C(c2ccc(F)cc2)CC1. The van der Waals surface area contributed by atoms with Crippen LogP contribution in [0.5, 0.6) is 0 Å². The van der Waals surface area contributed by atoms with Crippen LogP contribution in [-0.4, -0.2) is 35.0 Å². The van der Waals surface area contributed by atoms with Gasteiger partial charge >= 0.3 is 5.97 Å². The first-order valence-electron chi connectivity index (χ1n) is 7.96. The molecule has 1 aliphatic carbocycles. The zero-order valence-electron chi connectivity index (χ0n) is 12.9. The normalized spacial score (nSPS) is 19.7. The summed E-state index contributed by atoms with van der Waals surface area (Å²) in [6.45, 7) is 1.07. The van der Waals surface area contributed by atoms with Crippen LogP contribution in [0.4, 0.5) is 4.39 Å². The molecule has 1 heterocycles. The lowest BCUT2D eigenvalue weighted by molar-refractivity contribution is -0.159. The third-order valence-electron chi connectivity index (χ3n) is 5.03. The van der Waals surface area contributed by atoms with E-state index < -0.39 is 11.4 Å². The highest BCUT2D eigenvalue weighted by Crippen LogP contribution is 2.44. The Morgan fingerprint density at radius 2 is 1.91 bits per heavy atom. The van der Waals surface area contributed by atoms with Gasteiger partial charge in [-0.15, -0.1) is 0 Å². The van der Waals surface area contributed by atoms with E-state index in [1.165, 1.54) is 12.1 Å². The Hall–Kier alpha value is -2.17. The Labute approximate surface area is 134 Å². The highest BCUT2D eigenvalue weighted by molar-refractivity contribution is 5.86. The van der Waals surface area contributed by atoms with E-state index in [-0.39, 0.29) is 18.1 Å². The molecule has 0 atom stereocenters. The smallest absolute Gasteiger partial charge is 0.310 e. The number of aliphatic carboxylic acids is 1. The summed E-state index contributed by atoms with van der Waals surface area (Å²) in [5.41, 5.74) is 1.24. The molecule has 1 fully saturated rings. The second-order valence-electron chi connectivity index (χ2n) is 6.44. The van der Waals surface area contributed by atoms with E-state index >= 15 is 0 Å². The molecule has 1 aromatic carbocycles. The number of rotatable bonds is 4. The minimum absolute atomic E-state index is 0.0819. The summed E-state index contributed by atoms with van der Waals surface area (Å²) < 4.78 is 13.0. The van der Waals surface area contributed by atoms with Crippen molar-refractivity contribution in [2.75, 3.05) is 13.1 Å². The number of halogens is 1. The van der Waals surface area contributed by atoms with Crippen LogP contribution in [0.25, 0.3) is 5.57 Å². The summed E-state index contributed by atoms with van der Waals surface area (Å²) in [4.78, 5) is 25.5. The quantitative estimate of drug-likeness (QED) is 0.928. The van der Waals surface area contributed by atoms with Gasteiger partial charge in [-0.1, -0.05) is 24.6 Å². The molecule has 5 heteroatoms. The second kappa shape index (κ2) is 6.14. The molecule has 0 aromatic heterocycles. The number of benzene rings is 1. The lowest BCUT2D eigenvalue weighted by Gasteiger charge is -2.39. The van der Waals surface area contributed by atoms with E-state index in [4.69, 9.17) is 0 Å². The van der Waals surface area contributed by atoms with E-state index in [1.54, 1.807) is 17.0 Å². The zero-order valence-corrected chi connectivity index (χ0v) is 12.9. The monoisotopic (exact) mass is 317 g/mol. The van der Waals surface area contributed by atoms with Crippen LogP contribution in [-0.2, 0) is 9.59 Å². The Morgan fingerprint density at radius 1 is 1.22 bits per heavy atom. The van der Waals surface area contributed by atoms with Crippen LogP contribution in [0.3, 0.4) is 0 Å². The van der Waals surface area contributed by atoms with Crippen LogP contribution >= 0.6 is 0 Å². The van der Waals surface area contributed by atoms with Crippen molar-refractivity contribution >= 4 is 17.4 Å². The van der Waals surface area contributed by atoms with E-state index in [0.717, 1.165) is 17.6 Å².